The molecule has 3 nitrogen and oxygen atoms in total. The number of furan rings is 1. The van der Waals surface area contributed by atoms with E-state index in [1.54, 1.807) is 0 Å². The average molecular weight is 546 g/mol. The molecule has 4 heteroatoms. The molecule has 0 N–H and O–H groups in total. The van der Waals surface area contributed by atoms with E-state index in [1.165, 1.54) is 0 Å². The van der Waals surface area contributed by atoms with Gasteiger partial charge in [0.2, 0.25) is 0 Å². The molecule has 0 fully saturated rings. The lowest BCUT2D eigenvalue weighted by molar-refractivity contribution is 0.592. The third kappa shape index (κ3) is 3.74. The molecule has 0 bridgehead atoms. The van der Waals surface area contributed by atoms with Gasteiger partial charge in [-0.2, -0.15) is 0 Å². The second-order valence-electron chi connectivity index (χ2n) is 10.3. The first kappa shape index (κ1) is 23.9. The number of pyridine rings is 1. The lowest BCUT2D eigenvalue weighted by Gasteiger charge is -2.21. The highest BCUT2D eigenvalue weighted by atomic mass is 31.2. The van der Waals surface area contributed by atoms with Crippen LogP contribution in [0.3, 0.4) is 0 Å². The van der Waals surface area contributed by atoms with E-state index in [1.807, 2.05) is 97.1 Å². The van der Waals surface area contributed by atoms with Crippen molar-refractivity contribution in [2.45, 2.75) is 0 Å². The van der Waals surface area contributed by atoms with Crippen molar-refractivity contribution in [1.29, 1.82) is 0 Å². The summed E-state index contributed by atoms with van der Waals surface area (Å²) < 4.78 is 21.4. The van der Waals surface area contributed by atoms with Crippen LogP contribution < -0.4 is 15.9 Å². The summed E-state index contributed by atoms with van der Waals surface area (Å²) in [4.78, 5) is 5.17. The molecule has 6 aromatic carbocycles. The monoisotopic (exact) mass is 545 g/mol. The van der Waals surface area contributed by atoms with Crippen LogP contribution in [0.2, 0.25) is 0 Å². The second kappa shape index (κ2) is 9.30. The third-order valence-corrected chi connectivity index (χ3v) is 11.0. The summed E-state index contributed by atoms with van der Waals surface area (Å²) in [6.07, 6.45) is 0. The van der Waals surface area contributed by atoms with Gasteiger partial charge in [0.15, 0.2) is 7.14 Å². The Kier molecular flexibility index (Phi) is 5.41. The van der Waals surface area contributed by atoms with Crippen molar-refractivity contribution in [3.05, 3.63) is 146 Å². The van der Waals surface area contributed by atoms with Crippen LogP contribution in [0.25, 0.3) is 54.9 Å². The molecule has 8 aromatic rings. The van der Waals surface area contributed by atoms with Gasteiger partial charge >= 0.3 is 0 Å². The van der Waals surface area contributed by atoms with E-state index in [0.29, 0.717) is 0 Å². The number of nitrogens with zero attached hydrogens (tertiary/aromatic N) is 1. The summed E-state index contributed by atoms with van der Waals surface area (Å²) in [5.41, 5.74) is 4.37. The number of para-hydroxylation sites is 2. The van der Waals surface area contributed by atoms with Crippen molar-refractivity contribution in [1.82, 2.24) is 4.98 Å². The molecule has 2 heterocycles. The Hall–Kier alpha value is -4.98. The first-order valence-corrected chi connectivity index (χ1v) is 15.4. The zero-order valence-electron chi connectivity index (χ0n) is 22.1. The minimum absolute atomic E-state index is 0.778. The molecule has 0 spiro atoms. The zero-order valence-corrected chi connectivity index (χ0v) is 23.0. The molecule has 0 atom stereocenters. The minimum Gasteiger partial charge on any atom is -0.456 e. The van der Waals surface area contributed by atoms with Crippen molar-refractivity contribution >= 4 is 66.7 Å². The van der Waals surface area contributed by atoms with Gasteiger partial charge in [-0.15, -0.1) is 0 Å². The van der Waals surface area contributed by atoms with Crippen molar-refractivity contribution < 1.29 is 8.98 Å². The van der Waals surface area contributed by atoms with Crippen LogP contribution >= 0.6 is 7.14 Å². The van der Waals surface area contributed by atoms with Gasteiger partial charge in [-0.05, 0) is 35.7 Å². The van der Waals surface area contributed by atoms with Gasteiger partial charge < -0.3 is 8.98 Å². The van der Waals surface area contributed by atoms with E-state index in [4.69, 9.17) is 9.40 Å². The van der Waals surface area contributed by atoms with Crippen LogP contribution in [0.15, 0.2) is 150 Å². The molecule has 0 saturated carbocycles. The molecular weight excluding hydrogens is 521 g/mol. The number of rotatable bonds is 4. The standard InChI is InChI=1S/C37H24NO2P/c39-41(26-13-3-1-4-14-26,27-15-5-2-6-16-27)28-17-11-12-25(22-28)37-33-24-36-32(30-19-8-10-21-35(30)40-36)23-31(33)29-18-7-9-20-34(29)38-37/h1-24H. The van der Waals surface area contributed by atoms with Gasteiger partial charge in [0.1, 0.15) is 11.2 Å². The average Bonchev–Trinajstić information content (AvgIpc) is 3.41. The van der Waals surface area contributed by atoms with Crippen LogP contribution in [0.1, 0.15) is 0 Å². The Balaban J connectivity index is 1.42. The minimum atomic E-state index is -3.14. The van der Waals surface area contributed by atoms with Crippen LogP contribution in [0, 0.1) is 0 Å². The highest BCUT2D eigenvalue weighted by Crippen LogP contribution is 2.44. The van der Waals surface area contributed by atoms with E-state index in [2.05, 4.69) is 48.5 Å². The van der Waals surface area contributed by atoms with Gasteiger partial charge in [-0.25, -0.2) is 4.98 Å². The number of fused-ring (bicyclic) bond motifs is 6. The molecule has 0 unspecified atom stereocenters. The van der Waals surface area contributed by atoms with Gasteiger partial charge in [-0.1, -0.05) is 115 Å². The van der Waals surface area contributed by atoms with Crippen LogP contribution in [-0.4, -0.2) is 4.98 Å². The maximum atomic E-state index is 15.1. The predicted octanol–water partition coefficient (Wildman–Crippen LogP) is 8.59. The Labute approximate surface area is 237 Å². The fraction of sp³-hybridized carbons (Fsp3) is 0. The van der Waals surface area contributed by atoms with Gasteiger partial charge in [-0.3, -0.25) is 0 Å². The highest BCUT2D eigenvalue weighted by molar-refractivity contribution is 7.85. The van der Waals surface area contributed by atoms with Crippen LogP contribution in [0.5, 0.6) is 0 Å². The summed E-state index contributed by atoms with van der Waals surface area (Å²) in [5, 5.41) is 7.79. The predicted molar refractivity (Wildman–Crippen MR) is 171 cm³/mol. The first-order chi connectivity index (χ1) is 20.2. The molecule has 0 aliphatic rings. The highest BCUT2D eigenvalue weighted by Gasteiger charge is 2.30. The summed E-state index contributed by atoms with van der Waals surface area (Å²) in [5.74, 6) is 0. The van der Waals surface area contributed by atoms with Gasteiger partial charge in [0, 0.05) is 43.0 Å². The summed E-state index contributed by atoms with van der Waals surface area (Å²) in [7, 11) is -3.14. The van der Waals surface area contributed by atoms with E-state index < -0.39 is 7.14 Å². The second-order valence-corrected chi connectivity index (χ2v) is 13.1. The van der Waals surface area contributed by atoms with E-state index >= 15 is 4.57 Å². The molecule has 0 radical (unpaired) electrons. The molecule has 0 amide bonds. The van der Waals surface area contributed by atoms with Crippen molar-refractivity contribution in [2.75, 3.05) is 0 Å². The first-order valence-electron chi connectivity index (χ1n) is 13.7. The fourth-order valence-electron chi connectivity index (χ4n) is 5.96. The van der Waals surface area contributed by atoms with Gasteiger partial charge in [0.25, 0.3) is 0 Å². The topological polar surface area (TPSA) is 43.1 Å². The molecular formula is C37H24NO2P. The summed E-state index contributed by atoms with van der Waals surface area (Å²) >= 11 is 0. The maximum absolute atomic E-state index is 15.1. The quantitative estimate of drug-likeness (QED) is 0.164. The molecule has 194 valence electrons. The number of benzene rings is 6. The molecule has 2 aromatic heterocycles. The molecule has 0 aliphatic carbocycles. The molecule has 0 saturated heterocycles. The Morgan fingerprint density at radius 1 is 0.463 bits per heavy atom. The smallest absolute Gasteiger partial charge is 0.171 e. The van der Waals surface area contributed by atoms with E-state index in [0.717, 1.165) is 70.8 Å². The molecule has 41 heavy (non-hydrogen) atoms. The number of aromatic nitrogens is 1. The molecule has 0 aliphatic heterocycles. The number of hydrogen-bond donors (Lipinski definition) is 0. The normalized spacial score (nSPS) is 12.0. The van der Waals surface area contributed by atoms with Crippen LogP contribution in [0.4, 0.5) is 0 Å². The van der Waals surface area contributed by atoms with E-state index in [9.17, 15) is 0 Å². The Morgan fingerprint density at radius 2 is 1.10 bits per heavy atom. The van der Waals surface area contributed by atoms with Gasteiger partial charge in [0.05, 0.1) is 11.2 Å². The number of hydrogen-bond acceptors (Lipinski definition) is 3. The Morgan fingerprint density at radius 3 is 1.85 bits per heavy atom. The summed E-state index contributed by atoms with van der Waals surface area (Å²) in [6.45, 7) is 0. The van der Waals surface area contributed by atoms with Crippen LogP contribution in [-0.2, 0) is 4.57 Å². The van der Waals surface area contributed by atoms with Crippen molar-refractivity contribution in [3.8, 4) is 11.3 Å². The van der Waals surface area contributed by atoms with Crippen molar-refractivity contribution in [3.63, 3.8) is 0 Å². The maximum Gasteiger partial charge on any atom is 0.171 e. The molecule has 8 rings (SSSR count). The largest absolute Gasteiger partial charge is 0.456 e. The third-order valence-electron chi connectivity index (χ3n) is 7.92. The van der Waals surface area contributed by atoms with E-state index in [-0.39, 0.29) is 0 Å². The fourth-order valence-corrected chi connectivity index (χ4v) is 8.66. The lowest BCUT2D eigenvalue weighted by atomic mass is 9.98. The van der Waals surface area contributed by atoms with Crippen molar-refractivity contribution in [2.24, 2.45) is 0 Å². The lowest BCUT2D eigenvalue weighted by Crippen LogP contribution is -2.25. The Bertz CT molecular complexity index is 2240. The SMILES string of the molecule is O=P(c1ccccc1)(c1ccccc1)c1cccc(-c2nc3ccccc3c3cc4c(cc23)oc2ccccc24)c1. The summed E-state index contributed by atoms with van der Waals surface area (Å²) in [6, 6.07) is 48.4. The zero-order chi connectivity index (χ0) is 27.4.